The van der Waals surface area contributed by atoms with Gasteiger partial charge >= 0.3 is 6.09 Å². The molecule has 15 heteroatoms. The van der Waals surface area contributed by atoms with Crippen molar-refractivity contribution in [2.45, 2.75) is 179 Å². The van der Waals surface area contributed by atoms with E-state index < -0.39 is 73.3 Å². The predicted octanol–water partition coefficient (Wildman–Crippen LogP) is 6.62. The number of nitrogens with one attached hydrogen (secondary N) is 3. The first-order valence-electron chi connectivity index (χ1n) is 21.6. The normalized spacial score (nSPS) is 27.4. The second-order valence-corrected chi connectivity index (χ2v) is 21.6. The molecule has 1 saturated heterocycles. The number of imidazole rings is 1. The van der Waals surface area contributed by atoms with Crippen molar-refractivity contribution in [3.63, 3.8) is 0 Å². The van der Waals surface area contributed by atoms with Crippen molar-refractivity contribution in [1.29, 1.82) is 0 Å². The Morgan fingerprint density at radius 2 is 1.73 bits per heavy atom. The van der Waals surface area contributed by atoms with Crippen molar-refractivity contribution in [3.05, 3.63) is 35.9 Å². The molecule has 2 aliphatic carbocycles. The van der Waals surface area contributed by atoms with Crippen LogP contribution in [0.15, 0.2) is 30.4 Å². The molecule has 4 bridgehead atoms. The zero-order valence-electron chi connectivity index (χ0n) is 36.5. The number of carbonyl (C=O) groups excluding carboxylic acids is 4. The Morgan fingerprint density at radius 1 is 1.03 bits per heavy atom. The molecule has 4 aliphatic rings. The molecule has 2 aromatic rings. The van der Waals surface area contributed by atoms with Crippen LogP contribution in [0.4, 0.5) is 4.79 Å². The van der Waals surface area contributed by atoms with E-state index in [-0.39, 0.29) is 31.3 Å². The highest BCUT2D eigenvalue weighted by atomic mass is 32.2. The van der Waals surface area contributed by atoms with E-state index in [9.17, 15) is 27.6 Å². The second kappa shape index (κ2) is 16.7. The Hall–Kier alpha value is -4.14. The van der Waals surface area contributed by atoms with E-state index in [4.69, 9.17) is 14.5 Å². The number of allylic oxidation sites excluding steroid dienone is 2. The summed E-state index contributed by atoms with van der Waals surface area (Å²) in [4.78, 5) is 63.1. The highest BCUT2D eigenvalue weighted by Gasteiger charge is 2.64. The van der Waals surface area contributed by atoms with Crippen LogP contribution in [0.2, 0.25) is 0 Å². The van der Waals surface area contributed by atoms with E-state index in [0.29, 0.717) is 38.1 Å². The highest BCUT2D eigenvalue weighted by Crippen LogP contribution is 2.50. The Labute approximate surface area is 350 Å². The minimum atomic E-state index is -4.04. The average molecular weight is 839 g/mol. The largest absolute Gasteiger partial charge is 0.459 e. The minimum Gasteiger partial charge on any atom is -0.459 e. The van der Waals surface area contributed by atoms with Gasteiger partial charge in [0.2, 0.25) is 21.8 Å². The fourth-order valence-electron chi connectivity index (χ4n) is 8.78. The van der Waals surface area contributed by atoms with Crippen LogP contribution in [-0.4, -0.2) is 87.3 Å². The lowest BCUT2D eigenvalue weighted by atomic mass is 9.85. The number of fused-ring (bicyclic) bond motifs is 3. The van der Waals surface area contributed by atoms with Gasteiger partial charge in [-0.1, -0.05) is 58.4 Å². The summed E-state index contributed by atoms with van der Waals surface area (Å²) in [6.07, 6.45) is 10.2. The second-order valence-electron chi connectivity index (χ2n) is 19.6. The van der Waals surface area contributed by atoms with Gasteiger partial charge in [-0.2, -0.15) is 4.98 Å². The van der Waals surface area contributed by atoms with E-state index in [1.165, 1.54) is 4.90 Å². The number of nitrogens with zero attached hydrogens (tertiary/aromatic N) is 3. The van der Waals surface area contributed by atoms with Gasteiger partial charge in [-0.05, 0) is 122 Å². The van der Waals surface area contributed by atoms with Crippen molar-refractivity contribution in [2.24, 2.45) is 11.3 Å². The van der Waals surface area contributed by atoms with Crippen LogP contribution in [-0.2, 0) is 35.6 Å². The number of carbonyl (C=O) groups is 4. The van der Waals surface area contributed by atoms with Crippen molar-refractivity contribution in [2.75, 3.05) is 6.54 Å². The summed E-state index contributed by atoms with van der Waals surface area (Å²) in [6.45, 7) is 16.6. The lowest BCUT2D eigenvalue weighted by Crippen LogP contribution is -2.60. The van der Waals surface area contributed by atoms with Crippen LogP contribution in [0.5, 0.6) is 6.01 Å². The molecule has 14 nitrogen and oxygen atoms in total. The third-order valence-electron chi connectivity index (χ3n) is 12.4. The fraction of sp³-hybridized carbons (Fsp3) is 0.705. The van der Waals surface area contributed by atoms with E-state index in [1.54, 1.807) is 20.8 Å². The third-order valence-corrected chi connectivity index (χ3v) is 14.6. The number of rotatable bonds is 4. The summed E-state index contributed by atoms with van der Waals surface area (Å²) in [6, 6.07) is 4.31. The summed E-state index contributed by atoms with van der Waals surface area (Å²) in [5.74, 6) is -2.15. The number of para-hydroxylation sites is 1. The standard InChI is InChI=1S/C44H66N6O8S/c1-10-30-26-44(30)38(53)48-59(55,56)43(23-24-43)22-17-15-13-11-12-14-16-19-29-20-18-21-32-34(29)45-39(50(32)28(2)3)57-31-25-33(36(51)47-44)49(27-31)37(52)35(41(4,5)6)46-40(54)58-42(7,8)9/h11,13,18,20-21,28,30-31,33,35H,10,12,14-17,19,22-27H2,1-9H3,(H,46,54)(H,47,51)(H,48,53)/b13-11+/t30-,31-,33+,35-,44-/m1/s1. The lowest BCUT2D eigenvalue weighted by Gasteiger charge is -2.36. The lowest BCUT2D eigenvalue weighted by molar-refractivity contribution is -0.143. The van der Waals surface area contributed by atoms with Gasteiger partial charge in [0.05, 0.1) is 22.3 Å². The number of aryl methyl sites for hydroxylation is 1. The molecule has 5 atom stereocenters. The van der Waals surface area contributed by atoms with Crippen molar-refractivity contribution in [3.8, 4) is 6.01 Å². The molecule has 2 aliphatic heterocycles. The molecular formula is C44H66N6O8S. The Kier molecular flexibility index (Phi) is 12.6. The van der Waals surface area contributed by atoms with Gasteiger partial charge in [0, 0.05) is 12.5 Å². The molecule has 0 radical (unpaired) electrons. The van der Waals surface area contributed by atoms with Crippen LogP contribution in [0, 0.1) is 11.3 Å². The van der Waals surface area contributed by atoms with E-state index in [0.717, 1.165) is 48.7 Å². The van der Waals surface area contributed by atoms with E-state index in [1.807, 2.05) is 44.4 Å². The number of amides is 4. The van der Waals surface area contributed by atoms with Crippen molar-refractivity contribution < 1.29 is 37.1 Å². The number of benzene rings is 1. The molecule has 59 heavy (non-hydrogen) atoms. The Bertz CT molecular complexity index is 2060. The highest BCUT2D eigenvalue weighted by molar-refractivity contribution is 7.91. The summed E-state index contributed by atoms with van der Waals surface area (Å²) in [5.41, 5.74) is -0.181. The molecule has 2 spiro atoms. The maximum Gasteiger partial charge on any atom is 0.408 e. The molecule has 3 heterocycles. The van der Waals surface area contributed by atoms with Gasteiger partial charge in [-0.3, -0.25) is 23.7 Å². The molecule has 4 amide bonds. The summed E-state index contributed by atoms with van der Waals surface area (Å²) in [7, 11) is -4.04. The zero-order valence-corrected chi connectivity index (χ0v) is 37.3. The van der Waals surface area contributed by atoms with Gasteiger partial charge in [0.1, 0.15) is 29.3 Å². The SMILES string of the molecule is CC[C@@H]1C[C@@]12NC(=O)[C@@H]1C[C@H](CN1C(=O)[C@@H](NC(=O)OC(C)(C)C)C(C)(C)C)Oc1nc3c(cccc3n1C(C)C)CCCC/C=C/CCCC1(CC1)S(=O)(=O)NC2=O. The van der Waals surface area contributed by atoms with E-state index >= 15 is 0 Å². The van der Waals surface area contributed by atoms with Gasteiger partial charge in [0.15, 0.2) is 0 Å². The maximum atomic E-state index is 14.8. The molecule has 326 valence electrons. The molecule has 1 aromatic heterocycles. The van der Waals surface area contributed by atoms with Crippen LogP contribution in [0.25, 0.3) is 11.0 Å². The Balaban J connectivity index is 1.37. The first-order chi connectivity index (χ1) is 27.6. The smallest absolute Gasteiger partial charge is 0.408 e. The number of ether oxygens (including phenoxy) is 2. The summed E-state index contributed by atoms with van der Waals surface area (Å²) < 4.78 is 43.3. The topological polar surface area (TPSA) is 178 Å². The number of hydrogen-bond acceptors (Lipinski definition) is 9. The molecule has 2 saturated carbocycles. The van der Waals surface area contributed by atoms with Gasteiger partial charge in [0.25, 0.3) is 11.9 Å². The van der Waals surface area contributed by atoms with Gasteiger partial charge < -0.3 is 25.0 Å². The van der Waals surface area contributed by atoms with Crippen molar-refractivity contribution in [1.82, 2.24) is 29.8 Å². The summed E-state index contributed by atoms with van der Waals surface area (Å²) >= 11 is 0. The molecule has 6 rings (SSSR count). The van der Waals surface area contributed by atoms with Crippen LogP contribution in [0.3, 0.4) is 0 Å². The molecule has 0 unspecified atom stereocenters. The van der Waals surface area contributed by atoms with Crippen LogP contribution >= 0.6 is 0 Å². The average Bonchev–Trinajstić information content (AvgIpc) is 3.99. The first kappa shape index (κ1) is 44.4. The number of aromatic nitrogens is 2. The van der Waals surface area contributed by atoms with E-state index in [2.05, 4.69) is 47.4 Å². The predicted molar refractivity (Wildman–Crippen MR) is 226 cm³/mol. The third kappa shape index (κ3) is 9.60. The number of likely N-dealkylation sites (tertiary alicyclic amines) is 1. The van der Waals surface area contributed by atoms with Crippen LogP contribution in [0.1, 0.15) is 145 Å². The van der Waals surface area contributed by atoms with Gasteiger partial charge in [-0.25, -0.2) is 13.2 Å². The molecule has 1 aromatic carbocycles. The fourth-order valence-corrected chi connectivity index (χ4v) is 10.5. The number of sulfonamides is 1. The quantitative estimate of drug-likeness (QED) is 0.286. The van der Waals surface area contributed by atoms with Crippen LogP contribution < -0.4 is 20.1 Å². The summed E-state index contributed by atoms with van der Waals surface area (Å²) in [5, 5.41) is 5.72. The number of hydrogen-bond donors (Lipinski definition) is 3. The molecule has 3 N–H and O–H groups in total. The first-order valence-corrected chi connectivity index (χ1v) is 23.1. The number of alkyl carbamates (subject to hydrolysis) is 1. The minimum absolute atomic E-state index is 0.00548. The monoisotopic (exact) mass is 838 g/mol. The molecular weight excluding hydrogens is 773 g/mol. The molecule has 3 fully saturated rings. The Morgan fingerprint density at radius 3 is 2.34 bits per heavy atom. The van der Waals surface area contributed by atoms with Crippen molar-refractivity contribution >= 4 is 44.9 Å². The van der Waals surface area contributed by atoms with Gasteiger partial charge in [-0.15, -0.1) is 0 Å². The zero-order chi connectivity index (χ0) is 43.1. The maximum absolute atomic E-state index is 14.8.